The lowest BCUT2D eigenvalue weighted by molar-refractivity contribution is -0.123. The van der Waals surface area contributed by atoms with Crippen LogP contribution >= 0.6 is 0 Å². The third kappa shape index (κ3) is 2.84. The van der Waals surface area contributed by atoms with Crippen molar-refractivity contribution in [3.63, 3.8) is 0 Å². The van der Waals surface area contributed by atoms with Gasteiger partial charge in [0.25, 0.3) is 0 Å². The van der Waals surface area contributed by atoms with E-state index in [9.17, 15) is 9.90 Å². The van der Waals surface area contributed by atoms with Crippen LogP contribution in [-0.2, 0) is 11.2 Å². The van der Waals surface area contributed by atoms with E-state index >= 15 is 0 Å². The van der Waals surface area contributed by atoms with Crippen molar-refractivity contribution in [3.8, 4) is 0 Å². The number of aromatic nitrogens is 1. The summed E-state index contributed by atoms with van der Waals surface area (Å²) in [6.07, 6.45) is 3.15. The van der Waals surface area contributed by atoms with Gasteiger partial charge in [0.1, 0.15) is 6.04 Å². The Morgan fingerprint density at radius 3 is 2.96 bits per heavy atom. The maximum Gasteiger partial charge on any atom is 0.243 e. The van der Waals surface area contributed by atoms with E-state index in [0.717, 1.165) is 27.7 Å². The SMILES string of the molecule is C=C(C)C[C@H]1C(=O)N[C@H](CO)Cc2c[nH]c3cccc(c23)N1C. The van der Waals surface area contributed by atoms with E-state index in [1.54, 1.807) is 0 Å². The van der Waals surface area contributed by atoms with Crippen LogP contribution in [0.4, 0.5) is 5.69 Å². The Labute approximate surface area is 136 Å². The summed E-state index contributed by atoms with van der Waals surface area (Å²) in [5.41, 5.74) is 4.14. The number of benzene rings is 1. The summed E-state index contributed by atoms with van der Waals surface area (Å²) < 4.78 is 0. The average molecular weight is 313 g/mol. The Balaban J connectivity index is 2.16. The number of rotatable bonds is 3. The quantitative estimate of drug-likeness (QED) is 0.759. The summed E-state index contributed by atoms with van der Waals surface area (Å²) in [6.45, 7) is 5.81. The summed E-state index contributed by atoms with van der Waals surface area (Å²) in [4.78, 5) is 18.0. The van der Waals surface area contributed by atoms with Crippen LogP contribution in [0.3, 0.4) is 0 Å². The van der Waals surface area contributed by atoms with Crippen molar-refractivity contribution in [1.29, 1.82) is 0 Å². The van der Waals surface area contributed by atoms with Crippen molar-refractivity contribution >= 4 is 22.5 Å². The zero-order valence-corrected chi connectivity index (χ0v) is 13.6. The second kappa shape index (κ2) is 6.08. The second-order valence-electron chi connectivity index (χ2n) is 6.39. The first-order valence-corrected chi connectivity index (χ1v) is 7.88. The second-order valence-corrected chi connectivity index (χ2v) is 6.39. The molecular formula is C18H23N3O2. The molecule has 1 amide bonds. The molecule has 1 aromatic carbocycles. The topological polar surface area (TPSA) is 68.4 Å². The number of carbonyl (C=O) groups excluding carboxylic acids is 1. The Morgan fingerprint density at radius 2 is 2.26 bits per heavy atom. The van der Waals surface area contributed by atoms with Gasteiger partial charge in [-0.25, -0.2) is 0 Å². The largest absolute Gasteiger partial charge is 0.394 e. The molecule has 122 valence electrons. The molecule has 23 heavy (non-hydrogen) atoms. The zero-order valence-electron chi connectivity index (χ0n) is 13.6. The molecule has 0 saturated carbocycles. The van der Waals surface area contributed by atoms with Gasteiger partial charge >= 0.3 is 0 Å². The van der Waals surface area contributed by atoms with Crippen LogP contribution in [0.25, 0.3) is 10.9 Å². The first kappa shape index (κ1) is 15.6. The highest BCUT2D eigenvalue weighted by atomic mass is 16.3. The molecule has 0 radical (unpaired) electrons. The molecule has 3 N–H and O–H groups in total. The highest BCUT2D eigenvalue weighted by molar-refractivity contribution is 5.98. The lowest BCUT2D eigenvalue weighted by Gasteiger charge is -2.30. The number of likely N-dealkylation sites (N-methyl/N-ethyl adjacent to an activating group) is 1. The molecule has 1 aliphatic rings. The molecule has 5 nitrogen and oxygen atoms in total. The third-order valence-corrected chi connectivity index (χ3v) is 4.49. The molecule has 1 aliphatic heterocycles. The molecule has 5 heteroatoms. The number of amides is 1. The molecule has 0 unspecified atom stereocenters. The average Bonchev–Trinajstić information content (AvgIpc) is 2.94. The van der Waals surface area contributed by atoms with E-state index in [-0.39, 0.29) is 24.6 Å². The number of anilines is 1. The van der Waals surface area contributed by atoms with E-state index in [1.807, 2.05) is 43.3 Å². The van der Waals surface area contributed by atoms with E-state index in [2.05, 4.69) is 16.9 Å². The highest BCUT2D eigenvalue weighted by Crippen LogP contribution is 2.32. The number of carbonyl (C=O) groups is 1. The molecule has 0 fully saturated rings. The molecule has 2 aromatic rings. The van der Waals surface area contributed by atoms with Gasteiger partial charge in [-0.05, 0) is 37.5 Å². The van der Waals surface area contributed by atoms with Crippen LogP contribution in [0.5, 0.6) is 0 Å². The number of H-pyrrole nitrogens is 1. The molecule has 0 saturated heterocycles. The van der Waals surface area contributed by atoms with Gasteiger partial charge in [0, 0.05) is 29.8 Å². The van der Waals surface area contributed by atoms with Gasteiger partial charge < -0.3 is 20.3 Å². The van der Waals surface area contributed by atoms with Crippen LogP contribution in [0.1, 0.15) is 18.9 Å². The maximum atomic E-state index is 12.7. The Bertz CT molecular complexity index is 750. The van der Waals surface area contributed by atoms with Gasteiger partial charge in [-0.3, -0.25) is 4.79 Å². The summed E-state index contributed by atoms with van der Waals surface area (Å²) in [5.74, 6) is -0.0688. The predicted molar refractivity (Wildman–Crippen MR) is 92.6 cm³/mol. The number of aliphatic hydroxyl groups excluding tert-OH is 1. The monoisotopic (exact) mass is 313 g/mol. The minimum absolute atomic E-state index is 0.0688. The van der Waals surface area contributed by atoms with E-state index in [1.165, 1.54) is 0 Å². The normalized spacial score (nSPS) is 21.5. The fourth-order valence-corrected chi connectivity index (χ4v) is 3.32. The van der Waals surface area contributed by atoms with Gasteiger partial charge in [-0.2, -0.15) is 0 Å². The van der Waals surface area contributed by atoms with E-state index in [0.29, 0.717) is 12.8 Å². The first-order chi connectivity index (χ1) is 11.0. The van der Waals surface area contributed by atoms with Crippen molar-refractivity contribution in [1.82, 2.24) is 10.3 Å². The number of hydrogen-bond acceptors (Lipinski definition) is 3. The van der Waals surface area contributed by atoms with Crippen molar-refractivity contribution < 1.29 is 9.90 Å². The van der Waals surface area contributed by atoms with Crippen LogP contribution in [-0.4, -0.2) is 41.7 Å². The van der Waals surface area contributed by atoms with Crippen molar-refractivity contribution in [2.75, 3.05) is 18.6 Å². The molecule has 3 rings (SSSR count). The van der Waals surface area contributed by atoms with Crippen molar-refractivity contribution in [2.45, 2.75) is 31.8 Å². The number of aromatic amines is 1. The summed E-state index contributed by atoms with van der Waals surface area (Å²) in [6, 6.07) is 5.44. The molecule has 0 bridgehead atoms. The van der Waals surface area contributed by atoms with E-state index < -0.39 is 0 Å². The number of aliphatic hydroxyl groups is 1. The summed E-state index contributed by atoms with van der Waals surface area (Å²) in [7, 11) is 1.94. The number of nitrogens with one attached hydrogen (secondary N) is 2. The molecule has 0 spiro atoms. The summed E-state index contributed by atoms with van der Waals surface area (Å²) >= 11 is 0. The van der Waals surface area contributed by atoms with Gasteiger partial charge in [0.2, 0.25) is 5.91 Å². The van der Waals surface area contributed by atoms with E-state index in [4.69, 9.17) is 0 Å². The Hall–Kier alpha value is -2.27. The van der Waals surface area contributed by atoms with Crippen LogP contribution in [0.15, 0.2) is 36.5 Å². The van der Waals surface area contributed by atoms with Crippen LogP contribution in [0.2, 0.25) is 0 Å². The predicted octanol–water partition coefficient (Wildman–Crippen LogP) is 1.97. The van der Waals surface area contributed by atoms with Gasteiger partial charge in [0.15, 0.2) is 0 Å². The molecule has 2 heterocycles. The first-order valence-electron chi connectivity index (χ1n) is 7.88. The summed E-state index contributed by atoms with van der Waals surface area (Å²) in [5, 5.41) is 13.7. The fraction of sp³-hybridized carbons (Fsp3) is 0.389. The minimum atomic E-state index is -0.340. The van der Waals surface area contributed by atoms with Crippen LogP contribution in [0, 0.1) is 0 Å². The lowest BCUT2D eigenvalue weighted by Crippen LogP contribution is -2.49. The van der Waals surface area contributed by atoms with Gasteiger partial charge in [-0.1, -0.05) is 11.6 Å². The van der Waals surface area contributed by atoms with Crippen molar-refractivity contribution in [3.05, 3.63) is 42.1 Å². The molecule has 1 aromatic heterocycles. The fourth-order valence-electron chi connectivity index (χ4n) is 3.32. The molecule has 2 atom stereocenters. The smallest absolute Gasteiger partial charge is 0.243 e. The van der Waals surface area contributed by atoms with Gasteiger partial charge in [-0.15, -0.1) is 6.58 Å². The molecular weight excluding hydrogens is 290 g/mol. The number of hydrogen-bond donors (Lipinski definition) is 3. The van der Waals surface area contributed by atoms with Crippen molar-refractivity contribution in [2.24, 2.45) is 0 Å². The molecule has 0 aliphatic carbocycles. The van der Waals surface area contributed by atoms with Gasteiger partial charge in [0.05, 0.1) is 12.6 Å². The third-order valence-electron chi connectivity index (χ3n) is 4.49. The Morgan fingerprint density at radius 1 is 1.48 bits per heavy atom. The lowest BCUT2D eigenvalue weighted by atomic mass is 10.0. The number of nitrogens with zero attached hydrogens (tertiary/aromatic N) is 1. The maximum absolute atomic E-state index is 12.7. The van der Waals surface area contributed by atoms with Crippen LogP contribution < -0.4 is 10.2 Å². The highest BCUT2D eigenvalue weighted by Gasteiger charge is 2.29. The minimum Gasteiger partial charge on any atom is -0.394 e. The standard InChI is InChI=1S/C18H23N3O2/c1-11(2)7-16-18(23)20-13(10-22)8-12-9-19-14-5-4-6-15(17(12)14)21(16)3/h4-6,9,13,16,19,22H,1,7-8,10H2,2-3H3,(H,20,23)/t13-,16-/m0/s1. The zero-order chi connectivity index (χ0) is 16.6. The Kier molecular flexibility index (Phi) is 4.13.